The highest BCUT2D eigenvalue weighted by Gasteiger charge is 2.22. The third-order valence-electron chi connectivity index (χ3n) is 3.11. The molecule has 0 spiro atoms. The lowest BCUT2D eigenvalue weighted by molar-refractivity contribution is -0.384. The van der Waals surface area contributed by atoms with Gasteiger partial charge in [0.25, 0.3) is 5.69 Å². The number of nitrogens with zero attached hydrogens (tertiary/aromatic N) is 4. The van der Waals surface area contributed by atoms with Crippen LogP contribution in [0.2, 0.25) is 0 Å². The first-order valence-corrected chi connectivity index (χ1v) is 6.72. The number of nitro benzene ring substituents is 1. The molecule has 0 saturated carbocycles. The SMILES string of the molecule is Cc1ccc([N+](=O)[O-])c(-c2nnc(CO)n2CC(C)C)c1. The molecule has 0 fully saturated rings. The molecule has 0 aliphatic carbocycles. The molecule has 2 rings (SSSR count). The van der Waals surface area contributed by atoms with Gasteiger partial charge >= 0.3 is 0 Å². The van der Waals surface area contributed by atoms with E-state index in [0.29, 0.717) is 29.7 Å². The number of hydrogen-bond acceptors (Lipinski definition) is 5. The van der Waals surface area contributed by atoms with E-state index < -0.39 is 4.92 Å². The zero-order valence-corrected chi connectivity index (χ0v) is 12.3. The second kappa shape index (κ2) is 6.01. The fourth-order valence-corrected chi connectivity index (χ4v) is 2.20. The van der Waals surface area contributed by atoms with Crippen molar-refractivity contribution >= 4 is 5.69 Å². The average molecular weight is 290 g/mol. The van der Waals surface area contributed by atoms with Gasteiger partial charge in [0.05, 0.1) is 10.5 Å². The van der Waals surface area contributed by atoms with Crippen LogP contribution in [0, 0.1) is 23.0 Å². The largest absolute Gasteiger partial charge is 0.388 e. The van der Waals surface area contributed by atoms with E-state index in [9.17, 15) is 15.2 Å². The third-order valence-corrected chi connectivity index (χ3v) is 3.11. The van der Waals surface area contributed by atoms with Crippen LogP contribution in [0.3, 0.4) is 0 Å². The summed E-state index contributed by atoms with van der Waals surface area (Å²) in [4.78, 5) is 10.8. The van der Waals surface area contributed by atoms with E-state index in [1.54, 1.807) is 16.7 Å². The third kappa shape index (κ3) is 3.08. The Morgan fingerprint density at radius 2 is 2.10 bits per heavy atom. The first kappa shape index (κ1) is 15.1. The highest BCUT2D eigenvalue weighted by Crippen LogP contribution is 2.30. The van der Waals surface area contributed by atoms with Gasteiger partial charge in [0.15, 0.2) is 11.6 Å². The fourth-order valence-electron chi connectivity index (χ4n) is 2.20. The Morgan fingerprint density at radius 3 is 2.67 bits per heavy atom. The van der Waals surface area contributed by atoms with Gasteiger partial charge in [-0.3, -0.25) is 10.1 Å². The molecule has 1 heterocycles. The Kier molecular flexibility index (Phi) is 4.32. The summed E-state index contributed by atoms with van der Waals surface area (Å²) < 4.78 is 1.74. The standard InChI is InChI=1S/C14H18N4O3/c1-9(2)7-17-13(8-19)15-16-14(17)11-6-10(3)4-5-12(11)18(20)21/h4-6,9,19H,7-8H2,1-3H3. The van der Waals surface area contributed by atoms with E-state index in [-0.39, 0.29) is 12.3 Å². The molecule has 7 heteroatoms. The molecule has 0 radical (unpaired) electrons. The highest BCUT2D eigenvalue weighted by atomic mass is 16.6. The first-order valence-electron chi connectivity index (χ1n) is 6.72. The number of aryl methyl sites for hydroxylation is 1. The van der Waals surface area contributed by atoms with Crippen molar-refractivity contribution < 1.29 is 10.0 Å². The van der Waals surface area contributed by atoms with E-state index in [1.807, 2.05) is 20.8 Å². The van der Waals surface area contributed by atoms with Crippen LogP contribution in [-0.4, -0.2) is 24.8 Å². The van der Waals surface area contributed by atoms with Gasteiger partial charge < -0.3 is 9.67 Å². The van der Waals surface area contributed by atoms with Crippen molar-refractivity contribution in [1.29, 1.82) is 0 Å². The number of aromatic nitrogens is 3. The molecule has 112 valence electrons. The maximum atomic E-state index is 11.2. The van der Waals surface area contributed by atoms with Gasteiger partial charge in [-0.05, 0) is 24.5 Å². The van der Waals surface area contributed by atoms with Crippen LogP contribution in [0.4, 0.5) is 5.69 Å². The summed E-state index contributed by atoms with van der Waals surface area (Å²) in [6.45, 7) is 6.25. The second-order valence-corrected chi connectivity index (χ2v) is 5.38. The van der Waals surface area contributed by atoms with Crippen molar-refractivity contribution in [1.82, 2.24) is 14.8 Å². The van der Waals surface area contributed by atoms with E-state index in [1.165, 1.54) is 6.07 Å². The van der Waals surface area contributed by atoms with Gasteiger partial charge in [-0.1, -0.05) is 19.9 Å². The minimum atomic E-state index is -0.429. The smallest absolute Gasteiger partial charge is 0.280 e. The van der Waals surface area contributed by atoms with Crippen LogP contribution in [0.15, 0.2) is 18.2 Å². The number of rotatable bonds is 5. The lowest BCUT2D eigenvalue weighted by Crippen LogP contribution is -2.11. The molecule has 0 aliphatic heterocycles. The van der Waals surface area contributed by atoms with Gasteiger partial charge in [0.2, 0.25) is 0 Å². The molecule has 2 aromatic rings. The van der Waals surface area contributed by atoms with Crippen LogP contribution in [0.25, 0.3) is 11.4 Å². The predicted molar refractivity (Wildman–Crippen MR) is 77.6 cm³/mol. The van der Waals surface area contributed by atoms with Crippen LogP contribution in [0.5, 0.6) is 0 Å². The minimum absolute atomic E-state index is 0.0116. The van der Waals surface area contributed by atoms with Gasteiger partial charge in [0, 0.05) is 12.6 Å². The molecule has 0 bridgehead atoms. The quantitative estimate of drug-likeness (QED) is 0.673. The number of nitro groups is 1. The molecule has 1 aromatic heterocycles. The number of aliphatic hydroxyl groups excluding tert-OH is 1. The van der Waals surface area contributed by atoms with Crippen molar-refractivity contribution in [2.45, 2.75) is 33.9 Å². The number of hydrogen-bond donors (Lipinski definition) is 1. The highest BCUT2D eigenvalue weighted by molar-refractivity contribution is 5.69. The summed E-state index contributed by atoms with van der Waals surface area (Å²) in [5.74, 6) is 1.13. The second-order valence-electron chi connectivity index (χ2n) is 5.38. The molecule has 0 amide bonds. The van der Waals surface area contributed by atoms with Crippen LogP contribution in [-0.2, 0) is 13.2 Å². The maximum absolute atomic E-state index is 11.2. The summed E-state index contributed by atoms with van der Waals surface area (Å²) in [6.07, 6.45) is 0. The van der Waals surface area contributed by atoms with Crippen LogP contribution >= 0.6 is 0 Å². The molecule has 7 nitrogen and oxygen atoms in total. The van der Waals surface area contributed by atoms with E-state index >= 15 is 0 Å². The zero-order chi connectivity index (χ0) is 15.6. The fraction of sp³-hybridized carbons (Fsp3) is 0.429. The van der Waals surface area contributed by atoms with Crippen LogP contribution in [0.1, 0.15) is 25.2 Å². The molecule has 0 aliphatic rings. The molecule has 0 saturated heterocycles. The zero-order valence-electron chi connectivity index (χ0n) is 12.3. The first-order chi connectivity index (χ1) is 9.93. The minimum Gasteiger partial charge on any atom is -0.388 e. The van der Waals surface area contributed by atoms with Crippen molar-refractivity contribution in [3.05, 3.63) is 39.7 Å². The van der Waals surface area contributed by atoms with Crippen molar-refractivity contribution in [3.8, 4) is 11.4 Å². The molecule has 0 atom stereocenters. The monoisotopic (exact) mass is 290 g/mol. The molecule has 21 heavy (non-hydrogen) atoms. The van der Waals surface area contributed by atoms with Crippen molar-refractivity contribution in [2.75, 3.05) is 0 Å². The van der Waals surface area contributed by atoms with Gasteiger partial charge in [-0.25, -0.2) is 0 Å². The molecule has 1 N–H and O–H groups in total. The summed E-state index contributed by atoms with van der Waals surface area (Å²) in [5.41, 5.74) is 1.32. The lowest BCUT2D eigenvalue weighted by Gasteiger charge is -2.12. The summed E-state index contributed by atoms with van der Waals surface area (Å²) in [6, 6.07) is 4.88. The molecular formula is C14H18N4O3. The maximum Gasteiger partial charge on any atom is 0.280 e. The molecule has 0 unspecified atom stereocenters. The molecular weight excluding hydrogens is 272 g/mol. The Morgan fingerprint density at radius 1 is 1.38 bits per heavy atom. The summed E-state index contributed by atoms with van der Waals surface area (Å²) >= 11 is 0. The Bertz CT molecular complexity index is 664. The van der Waals surface area contributed by atoms with Gasteiger partial charge in [-0.2, -0.15) is 0 Å². The Hall–Kier alpha value is -2.28. The lowest BCUT2D eigenvalue weighted by atomic mass is 10.1. The normalized spacial score (nSPS) is 11.1. The van der Waals surface area contributed by atoms with E-state index in [2.05, 4.69) is 10.2 Å². The van der Waals surface area contributed by atoms with Crippen molar-refractivity contribution in [2.24, 2.45) is 5.92 Å². The molecule has 1 aromatic carbocycles. The van der Waals surface area contributed by atoms with E-state index in [4.69, 9.17) is 0 Å². The average Bonchev–Trinajstić information content (AvgIpc) is 2.80. The number of aliphatic hydroxyl groups is 1. The summed E-state index contributed by atoms with van der Waals surface area (Å²) in [7, 11) is 0. The Labute approximate surface area is 122 Å². The van der Waals surface area contributed by atoms with Crippen LogP contribution < -0.4 is 0 Å². The van der Waals surface area contributed by atoms with Gasteiger partial charge in [0.1, 0.15) is 6.61 Å². The van der Waals surface area contributed by atoms with Crippen molar-refractivity contribution in [3.63, 3.8) is 0 Å². The number of benzene rings is 1. The predicted octanol–water partition coefficient (Wildman–Crippen LogP) is 2.31. The summed E-state index contributed by atoms with van der Waals surface area (Å²) in [5, 5.41) is 28.6. The Balaban J connectivity index is 2.64. The van der Waals surface area contributed by atoms with Gasteiger partial charge in [-0.15, -0.1) is 10.2 Å². The topological polar surface area (TPSA) is 94.1 Å². The van der Waals surface area contributed by atoms with E-state index in [0.717, 1.165) is 5.56 Å².